The summed E-state index contributed by atoms with van der Waals surface area (Å²) in [5.41, 5.74) is 0.965. The summed E-state index contributed by atoms with van der Waals surface area (Å²) >= 11 is 5.28. The van der Waals surface area contributed by atoms with Gasteiger partial charge in [0.25, 0.3) is 0 Å². The maximum atomic E-state index is 5.28. The van der Waals surface area contributed by atoms with E-state index in [9.17, 15) is 0 Å². The van der Waals surface area contributed by atoms with Gasteiger partial charge in [-0.15, -0.1) is 0 Å². The van der Waals surface area contributed by atoms with E-state index < -0.39 is 0 Å². The zero-order chi connectivity index (χ0) is 12.5. The predicted octanol–water partition coefficient (Wildman–Crippen LogP) is 1.65. The Morgan fingerprint density at radius 2 is 2.39 bits per heavy atom. The quantitative estimate of drug-likeness (QED) is 0.835. The van der Waals surface area contributed by atoms with Gasteiger partial charge in [-0.25, -0.2) is 0 Å². The zero-order valence-electron chi connectivity index (χ0n) is 10.2. The highest BCUT2D eigenvalue weighted by molar-refractivity contribution is 7.71. The Morgan fingerprint density at radius 1 is 1.56 bits per heavy atom. The van der Waals surface area contributed by atoms with Crippen LogP contribution in [0.4, 0.5) is 0 Å². The summed E-state index contributed by atoms with van der Waals surface area (Å²) in [5, 5.41) is 11.5. The number of hydrogen-bond acceptors (Lipinski definition) is 4. The first-order valence-corrected chi connectivity index (χ1v) is 6.39. The van der Waals surface area contributed by atoms with Crippen molar-refractivity contribution in [3.63, 3.8) is 0 Å². The molecular formula is C11H15N5OS. The van der Waals surface area contributed by atoms with Crippen molar-refractivity contribution in [2.75, 3.05) is 13.7 Å². The second-order valence-corrected chi connectivity index (χ2v) is 4.84. The van der Waals surface area contributed by atoms with E-state index in [1.807, 2.05) is 21.6 Å². The van der Waals surface area contributed by atoms with Gasteiger partial charge >= 0.3 is 0 Å². The largest absolute Gasteiger partial charge is 0.383 e. The summed E-state index contributed by atoms with van der Waals surface area (Å²) in [6.07, 6.45) is 6.16. The molecule has 0 aromatic carbocycles. The van der Waals surface area contributed by atoms with Crippen molar-refractivity contribution in [1.82, 2.24) is 24.5 Å². The van der Waals surface area contributed by atoms with Gasteiger partial charge in [0.2, 0.25) is 0 Å². The van der Waals surface area contributed by atoms with Crippen molar-refractivity contribution in [3.05, 3.63) is 23.0 Å². The van der Waals surface area contributed by atoms with Crippen molar-refractivity contribution in [2.24, 2.45) is 0 Å². The molecular weight excluding hydrogens is 250 g/mol. The molecule has 2 aromatic heterocycles. The maximum absolute atomic E-state index is 5.28. The van der Waals surface area contributed by atoms with Gasteiger partial charge in [0.05, 0.1) is 25.0 Å². The molecule has 18 heavy (non-hydrogen) atoms. The smallest absolute Gasteiger partial charge is 0.199 e. The number of ether oxygens (including phenoxy) is 1. The van der Waals surface area contributed by atoms with Crippen LogP contribution in [0.25, 0.3) is 5.69 Å². The minimum absolute atomic E-state index is 0.542. The number of methoxy groups -OCH3 is 1. The van der Waals surface area contributed by atoms with Gasteiger partial charge in [-0.2, -0.15) is 10.2 Å². The number of hydrogen-bond donors (Lipinski definition) is 1. The van der Waals surface area contributed by atoms with Crippen LogP contribution in [0.15, 0.2) is 12.4 Å². The van der Waals surface area contributed by atoms with Gasteiger partial charge in [0, 0.05) is 19.2 Å². The Hall–Kier alpha value is -1.47. The maximum Gasteiger partial charge on any atom is 0.199 e. The molecule has 7 heteroatoms. The summed E-state index contributed by atoms with van der Waals surface area (Å²) in [4.78, 5) is 0. The number of aromatic amines is 1. The SMILES string of the molecule is COCCn1cc(-n2c(C3CC3)n[nH]c2=S)cn1. The molecule has 0 unspecified atom stereocenters. The number of aromatic nitrogens is 5. The third-order valence-electron chi connectivity index (χ3n) is 3.04. The lowest BCUT2D eigenvalue weighted by Crippen LogP contribution is -2.04. The third-order valence-corrected chi connectivity index (χ3v) is 3.32. The molecule has 0 aliphatic heterocycles. The first-order chi connectivity index (χ1) is 8.79. The molecule has 1 aliphatic carbocycles. The van der Waals surface area contributed by atoms with Gasteiger partial charge in [-0.1, -0.05) is 0 Å². The standard InChI is InChI=1S/C11H15N5OS/c1-17-5-4-15-7-9(6-12-15)16-10(8-2-3-8)13-14-11(16)18/h6-8H,2-5H2,1H3,(H,14,18). The average Bonchev–Trinajstić information content (AvgIpc) is 2.99. The van der Waals surface area contributed by atoms with E-state index in [1.165, 1.54) is 12.8 Å². The lowest BCUT2D eigenvalue weighted by atomic mass is 10.4. The molecule has 1 N–H and O–H groups in total. The van der Waals surface area contributed by atoms with Gasteiger partial charge in [0.15, 0.2) is 4.77 Å². The average molecular weight is 265 g/mol. The molecule has 0 atom stereocenters. The van der Waals surface area contributed by atoms with Gasteiger partial charge < -0.3 is 4.74 Å². The van der Waals surface area contributed by atoms with E-state index >= 15 is 0 Å². The van der Waals surface area contributed by atoms with Gasteiger partial charge in [-0.05, 0) is 25.1 Å². The Morgan fingerprint density at radius 3 is 3.11 bits per heavy atom. The Balaban J connectivity index is 1.91. The highest BCUT2D eigenvalue weighted by atomic mass is 32.1. The molecule has 2 aromatic rings. The summed E-state index contributed by atoms with van der Waals surface area (Å²) < 4.78 is 9.49. The molecule has 1 aliphatic rings. The molecule has 6 nitrogen and oxygen atoms in total. The Bertz CT molecular complexity index is 595. The fourth-order valence-corrected chi connectivity index (χ4v) is 2.19. The van der Waals surface area contributed by atoms with Crippen molar-refractivity contribution in [2.45, 2.75) is 25.3 Å². The topological polar surface area (TPSA) is 60.7 Å². The van der Waals surface area contributed by atoms with E-state index in [1.54, 1.807) is 7.11 Å². The second kappa shape index (κ2) is 4.66. The Kier molecular flexibility index (Phi) is 3.00. The van der Waals surface area contributed by atoms with E-state index in [2.05, 4.69) is 15.3 Å². The van der Waals surface area contributed by atoms with Crippen LogP contribution < -0.4 is 0 Å². The van der Waals surface area contributed by atoms with Gasteiger partial charge in [-0.3, -0.25) is 14.3 Å². The molecule has 0 bridgehead atoms. The summed E-state index contributed by atoms with van der Waals surface area (Å²) in [7, 11) is 1.68. The van der Waals surface area contributed by atoms with Crippen molar-refractivity contribution in [1.29, 1.82) is 0 Å². The lowest BCUT2D eigenvalue weighted by molar-refractivity contribution is 0.183. The lowest BCUT2D eigenvalue weighted by Gasteiger charge is -2.02. The van der Waals surface area contributed by atoms with Crippen LogP contribution in [0.1, 0.15) is 24.6 Å². The Labute approximate surface area is 110 Å². The first-order valence-electron chi connectivity index (χ1n) is 5.98. The third kappa shape index (κ3) is 2.11. The second-order valence-electron chi connectivity index (χ2n) is 4.45. The molecule has 0 saturated heterocycles. The van der Waals surface area contributed by atoms with Crippen LogP contribution in [0.2, 0.25) is 0 Å². The monoisotopic (exact) mass is 265 g/mol. The van der Waals surface area contributed by atoms with Crippen LogP contribution >= 0.6 is 12.2 Å². The minimum atomic E-state index is 0.542. The van der Waals surface area contributed by atoms with Crippen LogP contribution in [0.3, 0.4) is 0 Å². The number of H-pyrrole nitrogens is 1. The number of nitrogens with one attached hydrogen (secondary N) is 1. The van der Waals surface area contributed by atoms with Crippen LogP contribution in [-0.2, 0) is 11.3 Å². The van der Waals surface area contributed by atoms with E-state index in [0.29, 0.717) is 17.3 Å². The van der Waals surface area contributed by atoms with Crippen molar-refractivity contribution < 1.29 is 4.74 Å². The molecule has 96 valence electrons. The molecule has 3 rings (SSSR count). The van der Waals surface area contributed by atoms with E-state index in [4.69, 9.17) is 17.0 Å². The normalized spacial score (nSPS) is 15.2. The minimum Gasteiger partial charge on any atom is -0.383 e. The molecule has 0 radical (unpaired) electrons. The molecule has 0 spiro atoms. The highest BCUT2D eigenvalue weighted by Crippen LogP contribution is 2.39. The van der Waals surface area contributed by atoms with Crippen molar-refractivity contribution >= 4 is 12.2 Å². The van der Waals surface area contributed by atoms with E-state index in [0.717, 1.165) is 18.1 Å². The summed E-state index contributed by atoms with van der Waals surface area (Å²) in [6.45, 7) is 1.38. The fraction of sp³-hybridized carbons (Fsp3) is 0.545. The highest BCUT2D eigenvalue weighted by Gasteiger charge is 2.29. The summed E-state index contributed by atoms with van der Waals surface area (Å²) in [5.74, 6) is 1.56. The van der Waals surface area contributed by atoms with E-state index in [-0.39, 0.29) is 0 Å². The predicted molar refractivity (Wildman–Crippen MR) is 68.4 cm³/mol. The molecule has 1 saturated carbocycles. The molecule has 2 heterocycles. The van der Waals surface area contributed by atoms with Gasteiger partial charge in [0.1, 0.15) is 5.82 Å². The zero-order valence-corrected chi connectivity index (χ0v) is 11.0. The summed E-state index contributed by atoms with van der Waals surface area (Å²) in [6, 6.07) is 0. The van der Waals surface area contributed by atoms with Crippen LogP contribution in [0.5, 0.6) is 0 Å². The molecule has 0 amide bonds. The number of rotatable bonds is 5. The van der Waals surface area contributed by atoms with Crippen molar-refractivity contribution in [3.8, 4) is 5.69 Å². The number of nitrogens with zero attached hydrogens (tertiary/aromatic N) is 4. The molecule has 1 fully saturated rings. The van der Waals surface area contributed by atoms with Crippen LogP contribution in [-0.4, -0.2) is 38.3 Å². The first kappa shape index (κ1) is 11.6. The fourth-order valence-electron chi connectivity index (χ4n) is 1.95. The van der Waals surface area contributed by atoms with Crippen LogP contribution in [0, 0.1) is 4.77 Å².